The van der Waals surface area contributed by atoms with Crippen molar-refractivity contribution in [3.05, 3.63) is 77.9 Å². The highest BCUT2D eigenvalue weighted by atomic mass is 79.9. The molecule has 0 saturated carbocycles. The average Bonchev–Trinajstić information content (AvgIpc) is 2.39. The second-order valence-electron chi connectivity index (χ2n) is 3.68. The molecule has 0 N–H and O–H groups in total. The molecule has 2 aromatic carbocycles. The molecule has 0 bridgehead atoms. The summed E-state index contributed by atoms with van der Waals surface area (Å²) in [7, 11) is 0. The molecule has 2 aromatic rings. The van der Waals surface area contributed by atoms with E-state index in [-0.39, 0.29) is 0 Å². The highest BCUT2D eigenvalue weighted by molar-refractivity contribution is 9.08. The Morgan fingerprint density at radius 1 is 0.938 bits per heavy atom. The van der Waals surface area contributed by atoms with Crippen molar-refractivity contribution in [3.63, 3.8) is 0 Å². The first kappa shape index (κ1) is 11.2. The fraction of sp³-hybridized carbons (Fsp3) is 0.0667. The number of rotatable bonds is 3. The van der Waals surface area contributed by atoms with Crippen LogP contribution in [0.15, 0.2) is 61.2 Å². The molecule has 0 saturated heterocycles. The molecule has 0 fully saturated rings. The summed E-state index contributed by atoms with van der Waals surface area (Å²) in [6.45, 7) is 4.16. The van der Waals surface area contributed by atoms with Gasteiger partial charge in [0.25, 0.3) is 0 Å². The zero-order chi connectivity index (χ0) is 11.4. The van der Waals surface area contributed by atoms with Gasteiger partial charge in [0.1, 0.15) is 0 Å². The Labute approximate surface area is 105 Å². The van der Waals surface area contributed by atoms with E-state index in [0.717, 1.165) is 10.9 Å². The third-order valence-corrected chi connectivity index (χ3v) is 3.20. The molecule has 16 heavy (non-hydrogen) atoms. The van der Waals surface area contributed by atoms with E-state index < -0.39 is 0 Å². The van der Waals surface area contributed by atoms with Gasteiger partial charge in [0.15, 0.2) is 0 Å². The van der Waals surface area contributed by atoms with Gasteiger partial charge >= 0.3 is 0 Å². The van der Waals surface area contributed by atoms with Gasteiger partial charge in [0.05, 0.1) is 0 Å². The molecule has 2 rings (SSSR count). The first-order valence-electron chi connectivity index (χ1n) is 5.21. The van der Waals surface area contributed by atoms with E-state index in [1.165, 1.54) is 16.7 Å². The summed E-state index contributed by atoms with van der Waals surface area (Å²) >= 11 is 3.47. The normalized spacial score (nSPS) is 10.1. The molecule has 0 spiro atoms. The van der Waals surface area contributed by atoms with Gasteiger partial charge in [-0.15, -0.1) is 0 Å². The van der Waals surface area contributed by atoms with Crippen LogP contribution in [0.2, 0.25) is 0 Å². The summed E-state index contributed by atoms with van der Waals surface area (Å²) < 4.78 is 0. The summed E-state index contributed by atoms with van der Waals surface area (Å²) in [6, 6.07) is 18.7. The number of halogens is 1. The Morgan fingerprint density at radius 3 is 2.31 bits per heavy atom. The molecule has 0 amide bonds. The maximum Gasteiger partial charge on any atom is 0.0283 e. The monoisotopic (exact) mass is 272 g/mol. The lowest BCUT2D eigenvalue weighted by atomic mass is 9.98. The predicted octanol–water partition coefficient (Wildman–Crippen LogP) is 4.64. The van der Waals surface area contributed by atoms with E-state index in [4.69, 9.17) is 0 Å². The molecule has 80 valence electrons. The van der Waals surface area contributed by atoms with Crippen molar-refractivity contribution in [1.29, 1.82) is 0 Å². The number of benzene rings is 2. The molecule has 0 atom stereocenters. The lowest BCUT2D eigenvalue weighted by Gasteiger charge is -2.07. The van der Waals surface area contributed by atoms with E-state index >= 15 is 0 Å². The molecule has 0 aliphatic heterocycles. The minimum Gasteiger partial charge on any atom is -0.0906 e. The first-order chi connectivity index (χ1) is 7.81. The van der Waals surface area contributed by atoms with Gasteiger partial charge in [-0.2, -0.15) is 0 Å². The quantitative estimate of drug-likeness (QED) is 0.714. The topological polar surface area (TPSA) is 0 Å². The van der Waals surface area contributed by atoms with Crippen molar-refractivity contribution in [2.45, 2.75) is 5.33 Å². The van der Waals surface area contributed by atoms with E-state index in [9.17, 15) is 0 Å². The van der Waals surface area contributed by atoms with Gasteiger partial charge in [-0.1, -0.05) is 77.1 Å². The maximum atomic E-state index is 4.16. The molecule has 0 nitrogen and oxygen atoms in total. The Kier molecular flexibility index (Phi) is 3.58. The SMILES string of the molecule is C=C(c1ccccc1)c1cccc(CBr)c1. The van der Waals surface area contributed by atoms with Gasteiger partial charge in [-0.3, -0.25) is 0 Å². The van der Waals surface area contributed by atoms with Crippen LogP contribution in [0, 0.1) is 0 Å². The molecule has 0 radical (unpaired) electrons. The fourth-order valence-corrected chi connectivity index (χ4v) is 2.00. The van der Waals surface area contributed by atoms with Crippen LogP contribution in [-0.4, -0.2) is 0 Å². The molecular weight excluding hydrogens is 260 g/mol. The highest BCUT2D eigenvalue weighted by Gasteiger charge is 2.02. The fourth-order valence-electron chi connectivity index (χ4n) is 1.65. The van der Waals surface area contributed by atoms with Gasteiger partial charge in [0.2, 0.25) is 0 Å². The van der Waals surface area contributed by atoms with Crippen LogP contribution in [0.3, 0.4) is 0 Å². The molecule has 0 unspecified atom stereocenters. The van der Waals surface area contributed by atoms with Crippen LogP contribution < -0.4 is 0 Å². The molecule has 0 aliphatic rings. The Balaban J connectivity index is 2.34. The molecular formula is C15H13Br. The van der Waals surface area contributed by atoms with Crippen LogP contribution in [0.5, 0.6) is 0 Å². The van der Waals surface area contributed by atoms with E-state index in [2.05, 4.69) is 58.9 Å². The summed E-state index contributed by atoms with van der Waals surface area (Å²) in [6.07, 6.45) is 0. The molecule has 0 heterocycles. The summed E-state index contributed by atoms with van der Waals surface area (Å²) in [5.41, 5.74) is 4.70. The Hall–Kier alpha value is -1.34. The average molecular weight is 273 g/mol. The second kappa shape index (κ2) is 5.13. The van der Waals surface area contributed by atoms with E-state index in [1.54, 1.807) is 0 Å². The van der Waals surface area contributed by atoms with Crippen LogP contribution in [0.4, 0.5) is 0 Å². The number of hydrogen-bond acceptors (Lipinski definition) is 0. The Morgan fingerprint density at radius 2 is 1.62 bits per heavy atom. The van der Waals surface area contributed by atoms with E-state index in [0.29, 0.717) is 0 Å². The van der Waals surface area contributed by atoms with Gasteiger partial charge in [0, 0.05) is 5.33 Å². The van der Waals surface area contributed by atoms with Crippen molar-refractivity contribution in [3.8, 4) is 0 Å². The van der Waals surface area contributed by atoms with Crippen molar-refractivity contribution >= 4 is 21.5 Å². The zero-order valence-corrected chi connectivity index (χ0v) is 10.6. The van der Waals surface area contributed by atoms with Gasteiger partial charge in [-0.25, -0.2) is 0 Å². The minimum absolute atomic E-state index is 0.878. The van der Waals surface area contributed by atoms with Gasteiger partial charge in [-0.05, 0) is 22.3 Å². The third kappa shape index (κ3) is 2.42. The van der Waals surface area contributed by atoms with Crippen LogP contribution in [0.1, 0.15) is 16.7 Å². The van der Waals surface area contributed by atoms with E-state index in [1.807, 2.05) is 18.2 Å². The molecule has 0 aromatic heterocycles. The van der Waals surface area contributed by atoms with Crippen LogP contribution >= 0.6 is 15.9 Å². The smallest absolute Gasteiger partial charge is 0.0283 e. The van der Waals surface area contributed by atoms with Crippen LogP contribution in [0.25, 0.3) is 5.57 Å². The lowest BCUT2D eigenvalue weighted by Crippen LogP contribution is -1.87. The highest BCUT2D eigenvalue weighted by Crippen LogP contribution is 2.22. The van der Waals surface area contributed by atoms with Crippen molar-refractivity contribution in [2.24, 2.45) is 0 Å². The van der Waals surface area contributed by atoms with Gasteiger partial charge < -0.3 is 0 Å². The predicted molar refractivity (Wildman–Crippen MR) is 73.7 cm³/mol. The van der Waals surface area contributed by atoms with Crippen molar-refractivity contribution < 1.29 is 0 Å². The summed E-state index contributed by atoms with van der Waals surface area (Å²) in [4.78, 5) is 0. The lowest BCUT2D eigenvalue weighted by molar-refractivity contribution is 1.41. The van der Waals surface area contributed by atoms with Crippen molar-refractivity contribution in [1.82, 2.24) is 0 Å². The number of hydrogen-bond donors (Lipinski definition) is 0. The van der Waals surface area contributed by atoms with Crippen molar-refractivity contribution in [2.75, 3.05) is 0 Å². The summed E-state index contributed by atoms with van der Waals surface area (Å²) in [5.74, 6) is 0. The number of alkyl halides is 1. The minimum atomic E-state index is 0.878. The molecule has 0 aliphatic carbocycles. The zero-order valence-electron chi connectivity index (χ0n) is 8.99. The summed E-state index contributed by atoms with van der Waals surface area (Å²) in [5, 5.41) is 0.878. The van der Waals surface area contributed by atoms with Crippen LogP contribution in [-0.2, 0) is 5.33 Å². The largest absolute Gasteiger partial charge is 0.0906 e. The maximum absolute atomic E-state index is 4.16. The standard InChI is InChI=1S/C15H13Br/c1-12(14-7-3-2-4-8-14)15-9-5-6-13(10-15)11-16/h2-10H,1,11H2. The third-order valence-electron chi connectivity index (χ3n) is 2.55. The molecule has 1 heteroatoms. The Bertz CT molecular complexity index is 486. The second-order valence-corrected chi connectivity index (χ2v) is 4.24. The first-order valence-corrected chi connectivity index (χ1v) is 6.33.